The van der Waals surface area contributed by atoms with Crippen LogP contribution in [0.3, 0.4) is 0 Å². The first-order valence-electron chi connectivity index (χ1n) is 10.9. The number of aliphatic hydroxyl groups excluding tert-OH is 2. The van der Waals surface area contributed by atoms with Crippen LogP contribution in [0.2, 0.25) is 0 Å². The Bertz CT molecular complexity index is 1090. The highest BCUT2D eigenvalue weighted by Gasteiger charge is 2.27. The Labute approximate surface area is 263 Å². The summed E-state index contributed by atoms with van der Waals surface area (Å²) in [5.74, 6) is -0.547. The Hall–Kier alpha value is -2.77. The van der Waals surface area contributed by atoms with Crippen LogP contribution in [-0.2, 0) is 14.3 Å². The number of hydrogen-bond acceptors (Lipinski definition) is 10. The maximum absolute atomic E-state index is 13.0. The van der Waals surface area contributed by atoms with E-state index in [1.165, 1.54) is 43.6 Å². The fourth-order valence-electron chi connectivity index (χ4n) is 2.70. The lowest BCUT2D eigenvalue weighted by molar-refractivity contribution is -0.145. The van der Waals surface area contributed by atoms with Crippen molar-refractivity contribution in [2.75, 3.05) is 7.11 Å². The molecule has 0 aliphatic carbocycles. The lowest BCUT2D eigenvalue weighted by atomic mass is 10.1. The maximum Gasteiger partial charge on any atom is 0.331 e. The van der Waals surface area contributed by atoms with Crippen LogP contribution in [0.1, 0.15) is 42.0 Å². The number of hydrogen-bond donors (Lipinski definition) is 8. The number of methoxy groups -OCH3 is 1. The van der Waals surface area contributed by atoms with Crippen molar-refractivity contribution in [3.8, 4) is 0 Å². The number of carbonyl (C=O) groups is 4. The van der Waals surface area contributed by atoms with Gasteiger partial charge in [-0.2, -0.15) is 0 Å². The van der Waals surface area contributed by atoms with Gasteiger partial charge in [0, 0.05) is 11.1 Å². The largest absolute Gasteiger partial charge is 0.467 e. The molecule has 18 heteroatoms. The molecule has 2 aromatic rings. The average Bonchev–Trinajstić information content (AvgIpc) is 2.93. The van der Waals surface area contributed by atoms with Gasteiger partial charge >= 0.3 is 5.97 Å². The van der Waals surface area contributed by atoms with Crippen molar-refractivity contribution in [1.29, 1.82) is 0 Å². The minimum absolute atomic E-state index is 0. The van der Waals surface area contributed by atoms with Crippen LogP contribution in [0.15, 0.2) is 45.3 Å². The topological polar surface area (TPSA) is 221 Å². The molecular weight excluding hydrogens is 722 g/mol. The molecule has 4 atom stereocenters. The molecule has 2 rings (SSSR count). The monoisotopic (exact) mass is 752 g/mol. The molecular formula is C24H33Br2ClF2N4O9. The second kappa shape index (κ2) is 21.9. The summed E-state index contributed by atoms with van der Waals surface area (Å²) in [4.78, 5) is 46.3. The van der Waals surface area contributed by atoms with E-state index >= 15 is 0 Å². The molecule has 0 heterocycles. The van der Waals surface area contributed by atoms with Crippen LogP contribution in [0.4, 0.5) is 8.78 Å². The number of halogens is 5. The lowest BCUT2D eigenvalue weighted by Crippen LogP contribution is -2.51. The summed E-state index contributed by atoms with van der Waals surface area (Å²) in [5.41, 5.74) is 1.60. The molecule has 0 unspecified atom stereocenters. The third kappa shape index (κ3) is 13.9. The standard InChI is InChI=1S/C12H13BrFNO4.C11H12BrFN2O4.CH4.ClH.H3NO/c1-6(16)10(12(18)19-2)15-11(17)7-3-4-9(14)8(13)5-7;1-5(16)9(11(18)15-19)14-10(17)6-2-3-8(13)7(12)4-6;;;1-2/h3-6,10,16H,1-2H3,(H,15,17);2-5,9,16,19H,1H3,(H,14,17)(H,15,18);1H4;1H;2H,1H2/t6-,10+;5-,9+;;;/m11.../s1. The highest BCUT2D eigenvalue weighted by molar-refractivity contribution is 9.10. The zero-order valence-electron chi connectivity index (χ0n) is 21.6. The predicted molar refractivity (Wildman–Crippen MR) is 156 cm³/mol. The number of esters is 1. The molecule has 9 N–H and O–H groups in total. The van der Waals surface area contributed by atoms with Crippen LogP contribution in [0.25, 0.3) is 0 Å². The second-order valence-corrected chi connectivity index (χ2v) is 9.35. The van der Waals surface area contributed by atoms with Gasteiger partial charge in [0.15, 0.2) is 6.04 Å². The van der Waals surface area contributed by atoms with E-state index in [1.807, 2.05) is 0 Å². The Kier molecular flexibility index (Phi) is 22.7. The summed E-state index contributed by atoms with van der Waals surface area (Å²) in [6.07, 6.45) is -2.32. The van der Waals surface area contributed by atoms with Gasteiger partial charge < -0.3 is 30.8 Å². The summed E-state index contributed by atoms with van der Waals surface area (Å²) in [5, 5.41) is 38.3. The Balaban J connectivity index is -0.000000654. The smallest absolute Gasteiger partial charge is 0.331 e. The highest BCUT2D eigenvalue weighted by atomic mass is 79.9. The van der Waals surface area contributed by atoms with E-state index in [2.05, 4.69) is 53.1 Å². The normalized spacial score (nSPS) is 12.4. The number of nitrogens with one attached hydrogen (secondary N) is 3. The number of amides is 3. The van der Waals surface area contributed by atoms with Crippen LogP contribution >= 0.6 is 44.3 Å². The number of benzene rings is 2. The average molecular weight is 755 g/mol. The van der Waals surface area contributed by atoms with E-state index in [4.69, 9.17) is 10.4 Å². The summed E-state index contributed by atoms with van der Waals surface area (Å²) >= 11 is 5.88. The number of hydroxylamine groups is 1. The molecule has 42 heavy (non-hydrogen) atoms. The molecule has 13 nitrogen and oxygen atoms in total. The van der Waals surface area contributed by atoms with Crippen molar-refractivity contribution in [3.05, 3.63) is 68.1 Å². The number of nitrogens with two attached hydrogens (primary N) is 1. The van der Waals surface area contributed by atoms with E-state index in [0.717, 1.165) is 19.2 Å². The molecule has 0 spiro atoms. The quantitative estimate of drug-likeness (QED) is 0.112. The molecule has 0 aliphatic heterocycles. The minimum atomic E-state index is -1.32. The molecule has 3 amide bonds. The second-order valence-electron chi connectivity index (χ2n) is 7.64. The van der Waals surface area contributed by atoms with Crippen molar-refractivity contribution in [2.24, 2.45) is 5.90 Å². The Morgan fingerprint density at radius 2 is 1.19 bits per heavy atom. The van der Waals surface area contributed by atoms with E-state index in [-0.39, 0.29) is 39.9 Å². The number of ether oxygens (including phenoxy) is 1. The zero-order valence-corrected chi connectivity index (χ0v) is 25.6. The summed E-state index contributed by atoms with van der Waals surface area (Å²) in [6.45, 7) is 2.63. The van der Waals surface area contributed by atoms with Crippen molar-refractivity contribution in [1.82, 2.24) is 16.1 Å². The Morgan fingerprint density at radius 1 is 0.833 bits per heavy atom. The van der Waals surface area contributed by atoms with Crippen LogP contribution in [0, 0.1) is 11.6 Å². The maximum atomic E-state index is 13.0. The van der Waals surface area contributed by atoms with Gasteiger partial charge in [0.25, 0.3) is 17.7 Å². The van der Waals surface area contributed by atoms with Crippen molar-refractivity contribution in [2.45, 2.75) is 45.6 Å². The van der Waals surface area contributed by atoms with Crippen LogP contribution in [0.5, 0.6) is 0 Å². The van der Waals surface area contributed by atoms with Crippen LogP contribution in [-0.4, -0.2) is 75.7 Å². The summed E-state index contributed by atoms with van der Waals surface area (Å²) < 4.78 is 30.8. The molecule has 0 aromatic heterocycles. The molecule has 0 saturated carbocycles. The molecule has 0 saturated heterocycles. The van der Waals surface area contributed by atoms with E-state index in [1.54, 1.807) is 0 Å². The van der Waals surface area contributed by atoms with Crippen LogP contribution < -0.4 is 22.0 Å². The van der Waals surface area contributed by atoms with E-state index < -0.39 is 59.6 Å². The molecule has 0 radical (unpaired) electrons. The fraction of sp³-hybridized carbons (Fsp3) is 0.333. The van der Waals surface area contributed by atoms with Gasteiger partial charge in [0.1, 0.15) is 17.7 Å². The summed E-state index contributed by atoms with van der Waals surface area (Å²) in [6, 6.07) is 4.72. The van der Waals surface area contributed by atoms with Gasteiger partial charge in [-0.25, -0.2) is 25.0 Å². The minimum Gasteiger partial charge on any atom is -0.467 e. The third-order valence-corrected chi connectivity index (χ3v) is 5.96. The first-order chi connectivity index (χ1) is 18.7. The first kappa shape index (κ1) is 43.7. The van der Waals surface area contributed by atoms with Crippen molar-refractivity contribution in [3.63, 3.8) is 0 Å². The van der Waals surface area contributed by atoms with E-state index in [0.29, 0.717) is 0 Å². The zero-order chi connectivity index (χ0) is 31.2. The summed E-state index contributed by atoms with van der Waals surface area (Å²) in [7, 11) is 1.15. The van der Waals surface area contributed by atoms with Crippen molar-refractivity contribution < 1.29 is 53.3 Å². The highest BCUT2D eigenvalue weighted by Crippen LogP contribution is 2.18. The molecule has 0 fully saturated rings. The van der Waals surface area contributed by atoms with Gasteiger partial charge in [-0.1, -0.05) is 7.43 Å². The van der Waals surface area contributed by atoms with Gasteiger partial charge in [0.05, 0.1) is 28.3 Å². The van der Waals surface area contributed by atoms with Gasteiger partial charge in [-0.3, -0.25) is 19.6 Å². The third-order valence-electron chi connectivity index (χ3n) is 4.75. The molecule has 2 aromatic carbocycles. The number of aliphatic hydroxyl groups is 2. The Morgan fingerprint density at radius 3 is 1.48 bits per heavy atom. The van der Waals surface area contributed by atoms with Gasteiger partial charge in [-0.15, -0.1) is 12.4 Å². The number of rotatable bonds is 8. The van der Waals surface area contributed by atoms with Gasteiger partial charge in [-0.05, 0) is 82.1 Å². The van der Waals surface area contributed by atoms with E-state index in [9.17, 15) is 38.2 Å². The first-order valence-corrected chi connectivity index (χ1v) is 12.5. The van der Waals surface area contributed by atoms with Gasteiger partial charge in [0.2, 0.25) is 0 Å². The van der Waals surface area contributed by atoms with Crippen molar-refractivity contribution >= 4 is 68.0 Å². The lowest BCUT2D eigenvalue weighted by Gasteiger charge is -2.19. The number of carbonyl (C=O) groups excluding carboxylic acids is 4. The molecule has 0 bridgehead atoms. The predicted octanol–water partition coefficient (Wildman–Crippen LogP) is 2.21. The molecule has 0 aliphatic rings. The molecule has 238 valence electrons. The SMILES string of the molecule is C.COC(=O)[C@@H](NC(=O)c1ccc(F)c(Br)c1)[C@@H](C)O.C[C@@H](O)[C@H](NC(=O)c1ccc(F)c(Br)c1)C(=O)NO.Cl.NO. The fourth-order valence-corrected chi connectivity index (χ4v) is 3.46.